The summed E-state index contributed by atoms with van der Waals surface area (Å²) in [5.74, 6) is 2.03. The molecule has 0 bridgehead atoms. The molecule has 0 saturated carbocycles. The smallest absolute Gasteiger partial charge is 0.126 e. The second-order valence-corrected chi connectivity index (χ2v) is 6.56. The van der Waals surface area contributed by atoms with Crippen LogP contribution in [0.1, 0.15) is 18.0 Å². The first-order chi connectivity index (χ1) is 10.8. The number of fused-ring (bicyclic) bond motifs is 1. The van der Waals surface area contributed by atoms with Crippen LogP contribution in [0.3, 0.4) is 0 Å². The minimum absolute atomic E-state index is 0.146. The lowest BCUT2D eigenvalue weighted by Crippen LogP contribution is -2.21. The summed E-state index contributed by atoms with van der Waals surface area (Å²) >= 11 is 1.92. The maximum absolute atomic E-state index is 8.99. The number of anilines is 2. The SMILES string of the molecule is CN(CCO)c1ccc(NC2CCSc3ccccc32)nc1. The Bertz CT molecular complexity index is 618. The Balaban J connectivity index is 1.72. The van der Waals surface area contributed by atoms with Gasteiger partial charge in [-0.25, -0.2) is 4.98 Å². The van der Waals surface area contributed by atoms with Gasteiger partial charge in [-0.2, -0.15) is 0 Å². The molecule has 1 aliphatic rings. The Labute approximate surface area is 135 Å². The van der Waals surface area contributed by atoms with E-state index >= 15 is 0 Å². The van der Waals surface area contributed by atoms with Gasteiger partial charge in [0.15, 0.2) is 0 Å². The quantitative estimate of drug-likeness (QED) is 0.887. The molecule has 1 unspecified atom stereocenters. The number of rotatable bonds is 5. The van der Waals surface area contributed by atoms with Crippen molar-refractivity contribution in [3.05, 3.63) is 48.2 Å². The largest absolute Gasteiger partial charge is 0.395 e. The molecule has 116 valence electrons. The zero-order valence-electron chi connectivity index (χ0n) is 12.7. The second kappa shape index (κ2) is 7.03. The number of aliphatic hydroxyl groups excluding tert-OH is 1. The molecule has 3 rings (SSSR count). The fraction of sp³-hybridized carbons (Fsp3) is 0.353. The van der Waals surface area contributed by atoms with Crippen molar-refractivity contribution in [1.29, 1.82) is 0 Å². The number of nitrogens with one attached hydrogen (secondary N) is 1. The van der Waals surface area contributed by atoms with Crippen LogP contribution in [0, 0.1) is 0 Å². The summed E-state index contributed by atoms with van der Waals surface area (Å²) in [6.45, 7) is 0.759. The molecule has 0 aliphatic carbocycles. The van der Waals surface area contributed by atoms with E-state index in [2.05, 4.69) is 34.6 Å². The van der Waals surface area contributed by atoms with E-state index in [-0.39, 0.29) is 6.61 Å². The Morgan fingerprint density at radius 2 is 2.18 bits per heavy atom. The highest BCUT2D eigenvalue weighted by Gasteiger charge is 2.20. The van der Waals surface area contributed by atoms with Crippen molar-refractivity contribution in [2.45, 2.75) is 17.4 Å². The minimum Gasteiger partial charge on any atom is -0.395 e. The average molecular weight is 315 g/mol. The Kier molecular flexibility index (Phi) is 4.85. The van der Waals surface area contributed by atoms with Crippen molar-refractivity contribution >= 4 is 23.3 Å². The number of nitrogens with zero attached hydrogens (tertiary/aromatic N) is 2. The topological polar surface area (TPSA) is 48.4 Å². The molecule has 5 heteroatoms. The third-order valence-corrected chi connectivity index (χ3v) is 5.03. The molecule has 2 aromatic rings. The van der Waals surface area contributed by atoms with Gasteiger partial charge in [0.05, 0.1) is 24.5 Å². The number of aromatic nitrogens is 1. The van der Waals surface area contributed by atoms with Gasteiger partial charge in [0.2, 0.25) is 0 Å². The number of pyridine rings is 1. The highest BCUT2D eigenvalue weighted by atomic mass is 32.2. The van der Waals surface area contributed by atoms with Crippen molar-refractivity contribution in [2.24, 2.45) is 0 Å². The van der Waals surface area contributed by atoms with Crippen LogP contribution in [-0.4, -0.2) is 36.0 Å². The molecule has 1 aromatic carbocycles. The third-order valence-electron chi connectivity index (χ3n) is 3.90. The normalized spacial score (nSPS) is 16.9. The molecule has 1 aliphatic heterocycles. The van der Waals surface area contributed by atoms with E-state index in [9.17, 15) is 0 Å². The van der Waals surface area contributed by atoms with E-state index in [1.54, 1.807) is 0 Å². The first kappa shape index (κ1) is 15.2. The molecule has 0 radical (unpaired) electrons. The van der Waals surface area contributed by atoms with Gasteiger partial charge in [-0.05, 0) is 30.2 Å². The average Bonchev–Trinajstić information content (AvgIpc) is 2.56. The Hall–Kier alpha value is -1.72. The summed E-state index contributed by atoms with van der Waals surface area (Å²) in [7, 11) is 1.95. The molecular weight excluding hydrogens is 294 g/mol. The number of hydrogen-bond donors (Lipinski definition) is 2. The molecule has 0 amide bonds. The molecule has 2 N–H and O–H groups in total. The molecule has 0 saturated heterocycles. The molecule has 0 fully saturated rings. The summed E-state index contributed by atoms with van der Waals surface area (Å²) in [6.07, 6.45) is 2.96. The van der Waals surface area contributed by atoms with Crippen molar-refractivity contribution < 1.29 is 5.11 Å². The van der Waals surface area contributed by atoms with Crippen LogP contribution >= 0.6 is 11.8 Å². The van der Waals surface area contributed by atoms with E-state index in [4.69, 9.17) is 5.11 Å². The molecule has 1 aromatic heterocycles. The van der Waals surface area contributed by atoms with Crippen molar-refractivity contribution in [3.8, 4) is 0 Å². The van der Waals surface area contributed by atoms with Gasteiger partial charge in [-0.15, -0.1) is 11.8 Å². The summed E-state index contributed by atoms with van der Waals surface area (Å²) in [6, 6.07) is 12.9. The first-order valence-electron chi connectivity index (χ1n) is 7.54. The van der Waals surface area contributed by atoms with E-state index in [0.29, 0.717) is 12.6 Å². The summed E-state index contributed by atoms with van der Waals surface area (Å²) in [4.78, 5) is 7.86. The second-order valence-electron chi connectivity index (χ2n) is 5.42. The van der Waals surface area contributed by atoms with Gasteiger partial charge >= 0.3 is 0 Å². The first-order valence-corrected chi connectivity index (χ1v) is 8.53. The number of thioether (sulfide) groups is 1. The Morgan fingerprint density at radius 1 is 1.32 bits per heavy atom. The predicted molar refractivity (Wildman–Crippen MR) is 92.7 cm³/mol. The zero-order valence-corrected chi connectivity index (χ0v) is 13.5. The van der Waals surface area contributed by atoms with Crippen LogP contribution in [0.5, 0.6) is 0 Å². The lowest BCUT2D eigenvalue weighted by molar-refractivity contribution is 0.304. The molecule has 1 atom stereocenters. The molecule has 22 heavy (non-hydrogen) atoms. The summed E-state index contributed by atoms with van der Waals surface area (Å²) in [5, 5.41) is 12.5. The molecular formula is C17H21N3OS. The van der Waals surface area contributed by atoms with Crippen LogP contribution in [0.2, 0.25) is 0 Å². The fourth-order valence-corrected chi connectivity index (χ4v) is 3.77. The van der Waals surface area contributed by atoms with Gasteiger partial charge < -0.3 is 15.3 Å². The van der Waals surface area contributed by atoms with Crippen LogP contribution in [-0.2, 0) is 0 Å². The van der Waals surface area contributed by atoms with Crippen molar-refractivity contribution in [3.63, 3.8) is 0 Å². The van der Waals surface area contributed by atoms with Crippen molar-refractivity contribution in [1.82, 2.24) is 4.98 Å². The highest BCUT2D eigenvalue weighted by Crippen LogP contribution is 2.37. The number of aliphatic hydroxyl groups is 1. The van der Waals surface area contributed by atoms with Gasteiger partial charge in [-0.3, -0.25) is 0 Å². The van der Waals surface area contributed by atoms with Gasteiger partial charge in [-0.1, -0.05) is 18.2 Å². The minimum atomic E-state index is 0.146. The van der Waals surface area contributed by atoms with Crippen LogP contribution in [0.15, 0.2) is 47.5 Å². The summed E-state index contributed by atoms with van der Waals surface area (Å²) in [5.41, 5.74) is 2.38. The monoisotopic (exact) mass is 315 g/mol. The van der Waals surface area contributed by atoms with E-state index in [0.717, 1.165) is 23.7 Å². The zero-order chi connectivity index (χ0) is 15.4. The summed E-state index contributed by atoms with van der Waals surface area (Å²) < 4.78 is 0. The van der Waals surface area contributed by atoms with E-state index < -0.39 is 0 Å². The number of likely N-dealkylation sites (N-methyl/N-ethyl adjacent to an activating group) is 1. The van der Waals surface area contributed by atoms with Gasteiger partial charge in [0.25, 0.3) is 0 Å². The number of benzene rings is 1. The third kappa shape index (κ3) is 3.36. The maximum Gasteiger partial charge on any atom is 0.126 e. The maximum atomic E-state index is 8.99. The van der Waals surface area contributed by atoms with E-state index in [1.165, 1.54) is 10.5 Å². The van der Waals surface area contributed by atoms with Crippen molar-refractivity contribution in [2.75, 3.05) is 36.2 Å². The predicted octanol–water partition coefficient (Wildman–Crippen LogP) is 3.16. The standard InChI is InChI=1S/C17H21N3OS/c1-20(9-10-21)13-6-7-17(18-12-13)19-15-8-11-22-16-5-3-2-4-14(15)16/h2-7,12,15,21H,8-11H2,1H3,(H,18,19). The number of hydrogen-bond acceptors (Lipinski definition) is 5. The van der Waals surface area contributed by atoms with Gasteiger partial charge in [0.1, 0.15) is 5.82 Å². The van der Waals surface area contributed by atoms with Gasteiger partial charge in [0, 0.05) is 24.2 Å². The fourth-order valence-electron chi connectivity index (χ4n) is 2.65. The molecule has 2 heterocycles. The van der Waals surface area contributed by atoms with Crippen LogP contribution < -0.4 is 10.2 Å². The van der Waals surface area contributed by atoms with E-state index in [1.807, 2.05) is 42.0 Å². The molecule has 0 spiro atoms. The van der Waals surface area contributed by atoms with Crippen LogP contribution in [0.25, 0.3) is 0 Å². The van der Waals surface area contributed by atoms with Crippen LogP contribution in [0.4, 0.5) is 11.5 Å². The lowest BCUT2D eigenvalue weighted by Gasteiger charge is -2.26. The highest BCUT2D eigenvalue weighted by molar-refractivity contribution is 7.99. The molecule has 4 nitrogen and oxygen atoms in total. The Morgan fingerprint density at radius 3 is 2.95 bits per heavy atom. The lowest BCUT2D eigenvalue weighted by atomic mass is 10.0.